The van der Waals surface area contributed by atoms with Gasteiger partial charge in [-0.05, 0) is 68.2 Å². The number of methoxy groups -OCH3 is 4. The largest absolute Gasteiger partial charge is 0.384 e. The Labute approximate surface area is 187 Å². The average molecular weight is 427 g/mol. The summed E-state index contributed by atoms with van der Waals surface area (Å²) in [6.07, 6.45) is 1.36. The summed E-state index contributed by atoms with van der Waals surface area (Å²) >= 11 is 0. The van der Waals surface area contributed by atoms with Crippen LogP contribution in [0, 0.1) is 44.9 Å². The molecule has 0 atom stereocenters. The molecule has 1 aromatic carbocycles. The molecule has 30 heavy (non-hydrogen) atoms. The molecule has 1 aromatic rings. The van der Waals surface area contributed by atoms with Gasteiger partial charge < -0.3 is 18.9 Å². The minimum Gasteiger partial charge on any atom is -0.384 e. The van der Waals surface area contributed by atoms with Crippen LogP contribution in [-0.2, 0) is 18.9 Å². The predicted molar refractivity (Wildman–Crippen MR) is 130 cm³/mol. The molecule has 0 fully saturated rings. The second kappa shape index (κ2) is 17.7. The lowest BCUT2D eigenvalue weighted by molar-refractivity contribution is -0.0760. The molecule has 0 saturated carbocycles. The molecule has 0 aromatic heterocycles. The van der Waals surface area contributed by atoms with Crippen LogP contribution in [0.2, 0.25) is 0 Å². The molecule has 0 bridgehead atoms. The van der Waals surface area contributed by atoms with E-state index in [9.17, 15) is 0 Å². The smallest absolute Gasteiger partial charge is 0.0637 e. The van der Waals surface area contributed by atoms with E-state index >= 15 is 0 Å². The summed E-state index contributed by atoms with van der Waals surface area (Å²) < 4.78 is 20.5. The molecule has 0 unspecified atom stereocenters. The minimum absolute atomic E-state index is 0.188. The van der Waals surface area contributed by atoms with Gasteiger partial charge in [0.15, 0.2) is 0 Å². The molecule has 1 rings (SSSR count). The topological polar surface area (TPSA) is 36.9 Å². The van der Waals surface area contributed by atoms with Crippen molar-refractivity contribution in [1.82, 2.24) is 0 Å². The summed E-state index contributed by atoms with van der Waals surface area (Å²) in [5.74, 6) is 1.75. The van der Waals surface area contributed by atoms with Crippen molar-refractivity contribution >= 4 is 0 Å². The molecule has 0 saturated heterocycles. The maximum atomic E-state index is 5.12. The SMILES string of the molecule is CC(C)CC(C)C.COCC(COC)(COC)COC.Cc1cc(C)c(C)cc1C. The first-order valence-corrected chi connectivity index (χ1v) is 11.0. The zero-order valence-electron chi connectivity index (χ0n) is 22.0. The van der Waals surface area contributed by atoms with Gasteiger partial charge in [0.05, 0.1) is 31.8 Å². The third kappa shape index (κ3) is 15.0. The van der Waals surface area contributed by atoms with Crippen LogP contribution in [0.25, 0.3) is 0 Å². The Balaban J connectivity index is 0. The zero-order valence-corrected chi connectivity index (χ0v) is 22.0. The van der Waals surface area contributed by atoms with Gasteiger partial charge in [-0.3, -0.25) is 0 Å². The van der Waals surface area contributed by atoms with Crippen molar-refractivity contribution in [2.75, 3.05) is 54.9 Å². The van der Waals surface area contributed by atoms with Crippen LogP contribution >= 0.6 is 0 Å². The van der Waals surface area contributed by atoms with Crippen LogP contribution in [0.3, 0.4) is 0 Å². The van der Waals surface area contributed by atoms with Crippen molar-refractivity contribution in [3.05, 3.63) is 34.4 Å². The molecule has 0 aliphatic heterocycles. The molecule has 0 heterocycles. The van der Waals surface area contributed by atoms with Gasteiger partial charge in [-0.25, -0.2) is 0 Å². The Morgan fingerprint density at radius 3 is 0.933 bits per heavy atom. The Bertz CT molecular complexity index is 452. The fourth-order valence-electron chi connectivity index (χ4n) is 3.52. The molecule has 0 spiro atoms. The van der Waals surface area contributed by atoms with Gasteiger partial charge in [0.2, 0.25) is 0 Å². The molecule has 0 N–H and O–H groups in total. The molecule has 4 heteroatoms. The Hall–Kier alpha value is -0.940. The van der Waals surface area contributed by atoms with E-state index < -0.39 is 0 Å². The third-order valence-electron chi connectivity index (χ3n) is 4.85. The fraction of sp³-hybridized carbons (Fsp3) is 0.769. The number of hydrogen-bond donors (Lipinski definition) is 0. The van der Waals surface area contributed by atoms with Crippen molar-refractivity contribution in [2.45, 2.75) is 61.8 Å². The van der Waals surface area contributed by atoms with Gasteiger partial charge in [0.1, 0.15) is 0 Å². The summed E-state index contributed by atoms with van der Waals surface area (Å²) in [6.45, 7) is 20.0. The Morgan fingerprint density at radius 1 is 0.567 bits per heavy atom. The summed E-state index contributed by atoms with van der Waals surface area (Å²) in [6, 6.07) is 4.48. The van der Waals surface area contributed by atoms with E-state index in [2.05, 4.69) is 67.5 Å². The van der Waals surface area contributed by atoms with Crippen molar-refractivity contribution in [3.63, 3.8) is 0 Å². The van der Waals surface area contributed by atoms with Crippen LogP contribution in [0.15, 0.2) is 12.1 Å². The minimum atomic E-state index is -0.188. The second-order valence-corrected chi connectivity index (χ2v) is 9.28. The predicted octanol–water partition coefficient (Wildman–Crippen LogP) is 6.17. The van der Waals surface area contributed by atoms with Gasteiger partial charge in [-0.2, -0.15) is 0 Å². The highest BCUT2D eigenvalue weighted by Crippen LogP contribution is 2.19. The molecular weight excluding hydrogens is 376 g/mol. The third-order valence-corrected chi connectivity index (χ3v) is 4.85. The fourth-order valence-corrected chi connectivity index (χ4v) is 3.52. The van der Waals surface area contributed by atoms with Gasteiger partial charge in [-0.1, -0.05) is 39.8 Å². The van der Waals surface area contributed by atoms with E-state index in [1.165, 1.54) is 28.7 Å². The highest BCUT2D eigenvalue weighted by Gasteiger charge is 2.30. The van der Waals surface area contributed by atoms with E-state index in [0.717, 1.165) is 11.8 Å². The van der Waals surface area contributed by atoms with Gasteiger partial charge in [-0.15, -0.1) is 0 Å². The molecule has 178 valence electrons. The van der Waals surface area contributed by atoms with Crippen molar-refractivity contribution < 1.29 is 18.9 Å². The Morgan fingerprint density at radius 2 is 0.800 bits per heavy atom. The standard InChI is InChI=1S/C10H14.C9H20O4.C7H16/c1-7-5-9(3)10(4)6-8(7)2;1-10-5-9(6-11-2,7-12-3)8-13-4;1-6(2)5-7(3)4/h5-6H,1-4H3;5-8H2,1-4H3;6-7H,5H2,1-4H3. The van der Waals surface area contributed by atoms with E-state index in [0.29, 0.717) is 26.4 Å². The zero-order chi connectivity index (χ0) is 23.7. The summed E-state index contributed by atoms with van der Waals surface area (Å²) in [5, 5.41) is 0. The van der Waals surface area contributed by atoms with Crippen LogP contribution < -0.4 is 0 Å². The monoisotopic (exact) mass is 426 g/mol. The van der Waals surface area contributed by atoms with E-state index in [4.69, 9.17) is 18.9 Å². The number of rotatable bonds is 10. The van der Waals surface area contributed by atoms with E-state index in [-0.39, 0.29) is 5.41 Å². The lowest BCUT2D eigenvalue weighted by atomic mass is 9.92. The molecular formula is C26H50O4. The summed E-state index contributed by atoms with van der Waals surface area (Å²) in [7, 11) is 6.65. The maximum Gasteiger partial charge on any atom is 0.0637 e. The Kier molecular flexibility index (Phi) is 18.4. The molecule has 0 amide bonds. The van der Waals surface area contributed by atoms with Crippen LogP contribution in [-0.4, -0.2) is 54.9 Å². The number of hydrogen-bond acceptors (Lipinski definition) is 4. The second-order valence-electron chi connectivity index (χ2n) is 9.28. The number of aryl methyl sites for hydroxylation is 4. The van der Waals surface area contributed by atoms with Crippen LogP contribution in [0.5, 0.6) is 0 Å². The lowest BCUT2D eigenvalue weighted by Crippen LogP contribution is -2.40. The van der Waals surface area contributed by atoms with E-state index in [1.54, 1.807) is 28.4 Å². The van der Waals surface area contributed by atoms with Crippen LogP contribution in [0.1, 0.15) is 56.4 Å². The first-order chi connectivity index (χ1) is 14.0. The maximum absolute atomic E-state index is 5.12. The molecule has 0 aliphatic rings. The molecule has 0 aliphatic carbocycles. The quantitative estimate of drug-likeness (QED) is 0.448. The lowest BCUT2D eigenvalue weighted by Gasteiger charge is -2.30. The number of benzene rings is 1. The van der Waals surface area contributed by atoms with Gasteiger partial charge >= 0.3 is 0 Å². The van der Waals surface area contributed by atoms with Crippen molar-refractivity contribution in [2.24, 2.45) is 17.3 Å². The highest BCUT2D eigenvalue weighted by atomic mass is 16.5. The highest BCUT2D eigenvalue weighted by molar-refractivity contribution is 5.35. The average Bonchev–Trinajstić information content (AvgIpc) is 2.61. The van der Waals surface area contributed by atoms with Gasteiger partial charge in [0, 0.05) is 28.4 Å². The van der Waals surface area contributed by atoms with E-state index in [1.807, 2.05) is 0 Å². The molecule has 4 nitrogen and oxygen atoms in total. The first kappa shape index (κ1) is 31.2. The molecule has 0 radical (unpaired) electrons. The van der Waals surface area contributed by atoms with Crippen LogP contribution in [0.4, 0.5) is 0 Å². The van der Waals surface area contributed by atoms with Crippen molar-refractivity contribution in [1.29, 1.82) is 0 Å². The summed E-state index contributed by atoms with van der Waals surface area (Å²) in [5.41, 5.74) is 5.38. The van der Waals surface area contributed by atoms with Gasteiger partial charge in [0.25, 0.3) is 0 Å². The first-order valence-electron chi connectivity index (χ1n) is 11.0. The normalized spacial score (nSPS) is 11.1. The van der Waals surface area contributed by atoms with Crippen molar-refractivity contribution in [3.8, 4) is 0 Å². The number of ether oxygens (including phenoxy) is 4. The summed E-state index contributed by atoms with van der Waals surface area (Å²) in [4.78, 5) is 0.